The number of ether oxygens (including phenoxy) is 1. The highest BCUT2D eigenvalue weighted by Crippen LogP contribution is 2.45. The molecule has 1 aliphatic heterocycles. The van der Waals surface area contributed by atoms with Crippen LogP contribution < -0.4 is 19.9 Å². The molecule has 12 heteroatoms. The predicted molar refractivity (Wildman–Crippen MR) is 138 cm³/mol. The molecule has 2 aromatic rings. The van der Waals surface area contributed by atoms with Gasteiger partial charge in [0, 0.05) is 31.2 Å². The van der Waals surface area contributed by atoms with Crippen molar-refractivity contribution in [2.24, 2.45) is 0 Å². The van der Waals surface area contributed by atoms with Crippen molar-refractivity contribution in [3.05, 3.63) is 47.5 Å². The van der Waals surface area contributed by atoms with E-state index in [2.05, 4.69) is 5.32 Å². The molecule has 0 spiro atoms. The molecule has 0 aromatic heterocycles. The number of alkyl halides is 3. The van der Waals surface area contributed by atoms with Gasteiger partial charge in [0.1, 0.15) is 11.3 Å². The zero-order valence-corrected chi connectivity index (χ0v) is 21.6. The average molecular weight is 549 g/mol. The van der Waals surface area contributed by atoms with Gasteiger partial charge in [-0.25, -0.2) is 0 Å². The first-order valence-electron chi connectivity index (χ1n) is 11.3. The zero-order chi connectivity index (χ0) is 27.0. The molecule has 1 N–H and O–H groups in total. The summed E-state index contributed by atoms with van der Waals surface area (Å²) in [5.41, 5.74) is -0.966. The summed E-state index contributed by atoms with van der Waals surface area (Å²) in [5.74, 6) is 0.335. The van der Waals surface area contributed by atoms with Crippen molar-refractivity contribution in [2.75, 3.05) is 29.6 Å². The highest BCUT2D eigenvalue weighted by Gasteiger charge is 2.50. The Morgan fingerprint density at radius 3 is 2.51 bits per heavy atom. The van der Waals surface area contributed by atoms with Gasteiger partial charge in [-0.3, -0.25) is 14.5 Å². The Labute approximate surface area is 221 Å². The fraction of sp³-hybridized carbons (Fsp3) is 0.360. The Hall–Kier alpha value is -3.30. The molecule has 2 amide bonds. The summed E-state index contributed by atoms with van der Waals surface area (Å²) in [6.45, 7) is 0. The molecule has 1 atom stereocenters. The standard InChI is InChI=1S/C25H23F3N4O3S2/c1-30-22(33)20-13-37-21-11-16(6-7-19(21)35-20)31(2)24(8-3-9-24)23(34)32(14-36)17-5-4-15(12-29)18(10-17)25(26,27)28/h4-7,10-11,14,20H,3,8-9,13H2,1-2H3,(H,30,33). The summed E-state index contributed by atoms with van der Waals surface area (Å²) >= 11 is 6.53. The van der Waals surface area contributed by atoms with Crippen molar-refractivity contribution in [1.82, 2.24) is 5.32 Å². The van der Waals surface area contributed by atoms with E-state index in [1.807, 2.05) is 11.0 Å². The highest BCUT2D eigenvalue weighted by molar-refractivity contribution is 7.99. The summed E-state index contributed by atoms with van der Waals surface area (Å²) in [6, 6.07) is 10.1. The van der Waals surface area contributed by atoms with Crippen LogP contribution in [0.3, 0.4) is 0 Å². The molecule has 7 nitrogen and oxygen atoms in total. The number of benzene rings is 2. The minimum Gasteiger partial charge on any atom is -0.479 e. The Morgan fingerprint density at radius 2 is 1.95 bits per heavy atom. The first-order chi connectivity index (χ1) is 17.6. The topological polar surface area (TPSA) is 85.7 Å². The SMILES string of the molecule is CNC(=O)C1CSc2cc(N(C)C3(C(=O)N(C=S)c4ccc(C#N)c(C(F)(F)F)c4)CCC3)ccc2O1. The molecule has 0 radical (unpaired) electrons. The average Bonchev–Trinajstić information content (AvgIpc) is 2.86. The Morgan fingerprint density at radius 1 is 1.24 bits per heavy atom. The molecule has 1 aliphatic carbocycles. The van der Waals surface area contributed by atoms with E-state index in [1.54, 1.807) is 32.3 Å². The van der Waals surface area contributed by atoms with Crippen LogP contribution in [0.4, 0.5) is 24.5 Å². The predicted octanol–water partition coefficient (Wildman–Crippen LogP) is 4.53. The van der Waals surface area contributed by atoms with E-state index < -0.39 is 34.9 Å². The molecule has 37 heavy (non-hydrogen) atoms. The van der Waals surface area contributed by atoms with Crippen LogP contribution in [0.15, 0.2) is 41.3 Å². The van der Waals surface area contributed by atoms with Gasteiger partial charge in [0.2, 0.25) is 0 Å². The van der Waals surface area contributed by atoms with Crippen LogP contribution in [0, 0.1) is 11.3 Å². The van der Waals surface area contributed by atoms with E-state index in [0.29, 0.717) is 24.3 Å². The maximum absolute atomic E-state index is 13.8. The van der Waals surface area contributed by atoms with Gasteiger partial charge in [-0.15, -0.1) is 11.8 Å². The number of rotatable bonds is 6. The lowest BCUT2D eigenvalue weighted by Crippen LogP contribution is -2.62. The monoisotopic (exact) mass is 548 g/mol. The van der Waals surface area contributed by atoms with Crippen molar-refractivity contribution < 1.29 is 27.5 Å². The number of nitriles is 1. The number of halogens is 3. The number of fused-ring (bicyclic) bond motifs is 1. The van der Waals surface area contributed by atoms with Gasteiger partial charge in [0.15, 0.2) is 6.10 Å². The van der Waals surface area contributed by atoms with E-state index >= 15 is 0 Å². The fourth-order valence-electron chi connectivity index (χ4n) is 4.47. The van der Waals surface area contributed by atoms with Crippen LogP contribution in [-0.4, -0.2) is 48.8 Å². The van der Waals surface area contributed by atoms with Gasteiger partial charge < -0.3 is 15.0 Å². The maximum atomic E-state index is 13.8. The summed E-state index contributed by atoms with van der Waals surface area (Å²) in [7, 11) is 3.31. The van der Waals surface area contributed by atoms with Crippen molar-refractivity contribution in [3.8, 4) is 11.8 Å². The fourth-order valence-corrected chi connectivity index (χ4v) is 5.70. The number of thiocarbonyl (C=S) groups is 1. The van der Waals surface area contributed by atoms with Crippen LogP contribution in [0.25, 0.3) is 0 Å². The summed E-state index contributed by atoms with van der Waals surface area (Å²) in [6.07, 6.45) is -3.62. The van der Waals surface area contributed by atoms with E-state index in [9.17, 15) is 22.8 Å². The summed E-state index contributed by atoms with van der Waals surface area (Å²) < 4.78 is 46.4. The van der Waals surface area contributed by atoms with Gasteiger partial charge in [-0.2, -0.15) is 18.4 Å². The number of amides is 2. The number of nitrogens with zero attached hydrogens (tertiary/aromatic N) is 3. The van der Waals surface area contributed by atoms with Crippen molar-refractivity contribution >= 4 is 52.7 Å². The Kier molecular flexibility index (Phi) is 7.39. The Balaban J connectivity index is 1.64. The lowest BCUT2D eigenvalue weighted by molar-refractivity contribution is -0.137. The van der Waals surface area contributed by atoms with Gasteiger partial charge in [0.25, 0.3) is 11.8 Å². The highest BCUT2D eigenvalue weighted by atomic mass is 32.2. The third-order valence-corrected chi connectivity index (χ3v) is 8.08. The number of hydrogen-bond acceptors (Lipinski definition) is 7. The molecule has 2 aromatic carbocycles. The second kappa shape index (κ2) is 10.2. The van der Waals surface area contributed by atoms with Crippen LogP contribution in [-0.2, 0) is 15.8 Å². The van der Waals surface area contributed by atoms with Gasteiger partial charge in [0.05, 0.1) is 27.6 Å². The third-order valence-electron chi connectivity index (χ3n) is 6.77. The molecule has 1 unspecified atom stereocenters. The molecule has 1 fully saturated rings. The minimum atomic E-state index is -4.76. The minimum absolute atomic E-state index is 0.0550. The smallest absolute Gasteiger partial charge is 0.417 e. The van der Waals surface area contributed by atoms with E-state index in [0.717, 1.165) is 39.5 Å². The van der Waals surface area contributed by atoms with Crippen LogP contribution in [0.5, 0.6) is 5.75 Å². The molecule has 1 saturated carbocycles. The van der Waals surface area contributed by atoms with Crippen LogP contribution in [0.1, 0.15) is 30.4 Å². The van der Waals surface area contributed by atoms with E-state index in [-0.39, 0.29) is 11.6 Å². The van der Waals surface area contributed by atoms with E-state index in [4.69, 9.17) is 22.2 Å². The van der Waals surface area contributed by atoms with Gasteiger partial charge in [-0.1, -0.05) is 12.2 Å². The van der Waals surface area contributed by atoms with Crippen molar-refractivity contribution in [3.63, 3.8) is 0 Å². The second-order valence-electron chi connectivity index (χ2n) is 8.73. The molecular weight excluding hydrogens is 525 g/mol. The number of carbonyl (C=O) groups is 2. The summed E-state index contributed by atoms with van der Waals surface area (Å²) in [5, 5.41) is 11.7. The first-order valence-corrected chi connectivity index (χ1v) is 12.8. The van der Waals surface area contributed by atoms with Gasteiger partial charge >= 0.3 is 6.18 Å². The quantitative estimate of drug-likeness (QED) is 0.531. The number of thioether (sulfide) groups is 1. The van der Waals surface area contributed by atoms with Crippen LogP contribution in [0.2, 0.25) is 0 Å². The number of nitrogens with one attached hydrogen (secondary N) is 1. The molecule has 0 bridgehead atoms. The molecule has 194 valence electrons. The maximum Gasteiger partial charge on any atom is 0.417 e. The Bertz CT molecular complexity index is 1290. The lowest BCUT2D eigenvalue weighted by Gasteiger charge is -2.49. The first kappa shape index (κ1) is 26.8. The molecular formula is C25H23F3N4O3S2. The van der Waals surface area contributed by atoms with E-state index in [1.165, 1.54) is 17.8 Å². The lowest BCUT2D eigenvalue weighted by atomic mass is 9.74. The molecule has 0 saturated heterocycles. The second-order valence-corrected chi connectivity index (χ2v) is 10.00. The molecule has 1 heterocycles. The number of likely N-dealkylation sites (N-methyl/N-ethyl adjacent to an activating group) is 2. The van der Waals surface area contributed by atoms with Crippen molar-refractivity contribution in [2.45, 2.75) is 42.0 Å². The number of carbonyl (C=O) groups excluding carboxylic acids is 2. The van der Waals surface area contributed by atoms with Gasteiger partial charge in [-0.05, 0) is 55.7 Å². The zero-order valence-electron chi connectivity index (χ0n) is 20.0. The third kappa shape index (κ3) is 4.85. The summed E-state index contributed by atoms with van der Waals surface area (Å²) in [4.78, 5) is 29.4. The van der Waals surface area contributed by atoms with Crippen molar-refractivity contribution in [1.29, 1.82) is 5.26 Å². The molecule has 2 aliphatic rings. The molecule has 4 rings (SSSR count). The largest absolute Gasteiger partial charge is 0.479 e. The number of hydrogen-bond donors (Lipinski definition) is 1. The van der Waals surface area contributed by atoms with Crippen LogP contribution >= 0.6 is 24.0 Å². The normalized spacial score (nSPS) is 17.8. The number of anilines is 2.